The first-order valence-electron chi connectivity index (χ1n) is 5.34. The van der Waals surface area contributed by atoms with Crippen LogP contribution in [0.5, 0.6) is 0 Å². The molecule has 0 unspecified atom stereocenters. The van der Waals surface area contributed by atoms with Crippen molar-refractivity contribution in [1.29, 1.82) is 0 Å². The summed E-state index contributed by atoms with van der Waals surface area (Å²) in [5.41, 5.74) is -2.32. The molecule has 0 bridgehead atoms. The minimum Gasteiger partial charge on any atom is -0.454 e. The number of ether oxygens (including phenoxy) is 2. The van der Waals surface area contributed by atoms with Crippen molar-refractivity contribution in [3.05, 3.63) is 0 Å². The van der Waals surface area contributed by atoms with Gasteiger partial charge in [-0.15, -0.1) is 0 Å². The zero-order chi connectivity index (χ0) is 13.0. The van der Waals surface area contributed by atoms with E-state index in [1.54, 1.807) is 13.8 Å². The Morgan fingerprint density at radius 3 is 2.29 bits per heavy atom. The standard InChI is InChI=1S/C10H16O7/c1-9(2)10(17-9)7(14)6(16-8(10)15)5(13)4(12)3-11/h4-7,11-14H,3H2,1-2H3/t4-,5+,6-,7-,10-/m0/s1. The quantitative estimate of drug-likeness (QED) is 0.323. The largest absolute Gasteiger partial charge is 0.454 e. The molecule has 0 aromatic rings. The normalized spacial score (nSPS) is 42.4. The highest BCUT2D eigenvalue weighted by molar-refractivity contribution is 5.88. The molecule has 0 radical (unpaired) electrons. The van der Waals surface area contributed by atoms with Gasteiger partial charge in [0.05, 0.1) is 6.61 Å². The molecule has 17 heavy (non-hydrogen) atoms. The molecule has 2 rings (SSSR count). The third-order valence-electron chi connectivity index (χ3n) is 3.46. The highest BCUT2D eigenvalue weighted by Crippen LogP contribution is 2.55. The van der Waals surface area contributed by atoms with Gasteiger partial charge < -0.3 is 29.9 Å². The molecule has 2 fully saturated rings. The van der Waals surface area contributed by atoms with Crippen molar-refractivity contribution >= 4 is 5.97 Å². The number of aliphatic hydroxyl groups excluding tert-OH is 4. The number of esters is 1. The van der Waals surface area contributed by atoms with Gasteiger partial charge in [0.2, 0.25) is 5.60 Å². The summed E-state index contributed by atoms with van der Waals surface area (Å²) in [4.78, 5) is 11.6. The second-order valence-electron chi connectivity index (χ2n) is 4.90. The molecule has 5 atom stereocenters. The molecule has 4 N–H and O–H groups in total. The van der Waals surface area contributed by atoms with Gasteiger partial charge in [-0.2, -0.15) is 0 Å². The van der Waals surface area contributed by atoms with Gasteiger partial charge in [0.1, 0.15) is 23.9 Å². The summed E-state index contributed by atoms with van der Waals surface area (Å²) in [5, 5.41) is 37.6. The summed E-state index contributed by atoms with van der Waals surface area (Å²) >= 11 is 0. The number of aliphatic hydroxyl groups is 4. The van der Waals surface area contributed by atoms with E-state index in [2.05, 4.69) is 0 Å². The minimum absolute atomic E-state index is 0.695. The van der Waals surface area contributed by atoms with Gasteiger partial charge in [0.25, 0.3) is 0 Å². The Morgan fingerprint density at radius 1 is 1.41 bits per heavy atom. The van der Waals surface area contributed by atoms with E-state index in [0.717, 1.165) is 0 Å². The summed E-state index contributed by atoms with van der Waals surface area (Å²) in [5.74, 6) is -0.760. The number of carbonyl (C=O) groups is 1. The van der Waals surface area contributed by atoms with Crippen LogP contribution in [0.4, 0.5) is 0 Å². The van der Waals surface area contributed by atoms with Crippen LogP contribution >= 0.6 is 0 Å². The molecule has 0 aliphatic carbocycles. The van der Waals surface area contributed by atoms with Crippen LogP contribution in [-0.2, 0) is 14.3 Å². The molecular formula is C10H16O7. The summed E-state index contributed by atoms with van der Waals surface area (Å²) in [6.45, 7) is 2.54. The molecule has 2 aliphatic heterocycles. The van der Waals surface area contributed by atoms with Crippen molar-refractivity contribution < 1.29 is 34.7 Å². The van der Waals surface area contributed by atoms with Crippen molar-refractivity contribution in [2.45, 2.75) is 49.5 Å². The Bertz CT molecular complexity index is 342. The van der Waals surface area contributed by atoms with E-state index in [1.807, 2.05) is 0 Å². The van der Waals surface area contributed by atoms with Crippen molar-refractivity contribution in [2.24, 2.45) is 0 Å². The fraction of sp³-hybridized carbons (Fsp3) is 0.900. The third-order valence-corrected chi connectivity index (χ3v) is 3.46. The van der Waals surface area contributed by atoms with Gasteiger partial charge in [-0.3, -0.25) is 0 Å². The van der Waals surface area contributed by atoms with Crippen LogP contribution in [0.25, 0.3) is 0 Å². The number of epoxide rings is 1. The van der Waals surface area contributed by atoms with Crippen LogP contribution < -0.4 is 0 Å². The predicted molar refractivity (Wildman–Crippen MR) is 52.9 cm³/mol. The highest BCUT2D eigenvalue weighted by Gasteiger charge is 2.80. The molecule has 2 saturated heterocycles. The molecule has 98 valence electrons. The van der Waals surface area contributed by atoms with Crippen LogP contribution in [0.1, 0.15) is 13.8 Å². The first-order valence-corrected chi connectivity index (χ1v) is 5.34. The van der Waals surface area contributed by atoms with Crippen molar-refractivity contribution in [1.82, 2.24) is 0 Å². The van der Waals surface area contributed by atoms with Crippen molar-refractivity contribution in [3.63, 3.8) is 0 Å². The molecule has 0 aromatic carbocycles. The Hall–Kier alpha value is -0.730. The maximum atomic E-state index is 11.6. The van der Waals surface area contributed by atoms with E-state index < -0.39 is 48.2 Å². The van der Waals surface area contributed by atoms with E-state index >= 15 is 0 Å². The van der Waals surface area contributed by atoms with E-state index in [9.17, 15) is 20.1 Å². The van der Waals surface area contributed by atoms with Crippen LogP contribution in [-0.4, -0.2) is 68.6 Å². The first kappa shape index (κ1) is 12.7. The number of carbonyl (C=O) groups excluding carboxylic acids is 1. The molecule has 0 saturated carbocycles. The number of rotatable bonds is 3. The van der Waals surface area contributed by atoms with Crippen molar-refractivity contribution in [2.75, 3.05) is 6.61 Å². The Morgan fingerprint density at radius 2 is 1.94 bits per heavy atom. The lowest BCUT2D eigenvalue weighted by Gasteiger charge is -2.23. The monoisotopic (exact) mass is 248 g/mol. The lowest BCUT2D eigenvalue weighted by Crippen LogP contribution is -2.48. The topological polar surface area (TPSA) is 120 Å². The van der Waals surface area contributed by atoms with Gasteiger partial charge in [-0.25, -0.2) is 4.79 Å². The van der Waals surface area contributed by atoms with Crippen LogP contribution in [0.15, 0.2) is 0 Å². The number of cyclic esters (lactones) is 1. The van der Waals surface area contributed by atoms with E-state index in [0.29, 0.717) is 0 Å². The summed E-state index contributed by atoms with van der Waals surface area (Å²) in [7, 11) is 0. The van der Waals surface area contributed by atoms with Crippen LogP contribution in [0.3, 0.4) is 0 Å². The SMILES string of the molecule is CC1(C)O[C@@]12C(=O)O[C@@H]([C@H](O)[C@@H](O)CO)[C@@H]2O. The molecule has 0 aromatic heterocycles. The van der Waals surface area contributed by atoms with E-state index in [1.165, 1.54) is 0 Å². The smallest absolute Gasteiger partial charge is 0.344 e. The van der Waals surface area contributed by atoms with Gasteiger partial charge in [0.15, 0.2) is 6.10 Å². The second kappa shape index (κ2) is 3.63. The third kappa shape index (κ3) is 1.50. The van der Waals surface area contributed by atoms with Crippen LogP contribution in [0, 0.1) is 0 Å². The lowest BCUT2D eigenvalue weighted by atomic mass is 9.88. The number of hydrogen-bond donors (Lipinski definition) is 4. The summed E-state index contributed by atoms with van der Waals surface area (Å²) < 4.78 is 10.0. The van der Waals surface area contributed by atoms with Gasteiger partial charge in [-0.05, 0) is 13.8 Å². The molecule has 1 spiro atoms. The first-order chi connectivity index (χ1) is 7.78. The van der Waals surface area contributed by atoms with Gasteiger partial charge >= 0.3 is 5.97 Å². The molecular weight excluding hydrogens is 232 g/mol. The van der Waals surface area contributed by atoms with Gasteiger partial charge in [0, 0.05) is 0 Å². The lowest BCUT2D eigenvalue weighted by molar-refractivity contribution is -0.154. The Labute approximate surface area is 97.6 Å². The molecule has 2 heterocycles. The van der Waals surface area contributed by atoms with Crippen LogP contribution in [0.2, 0.25) is 0 Å². The molecule has 2 aliphatic rings. The Kier molecular flexibility index (Phi) is 2.72. The maximum absolute atomic E-state index is 11.6. The number of hydrogen-bond acceptors (Lipinski definition) is 7. The minimum atomic E-state index is -1.56. The zero-order valence-corrected chi connectivity index (χ0v) is 9.53. The van der Waals surface area contributed by atoms with Crippen molar-refractivity contribution in [3.8, 4) is 0 Å². The zero-order valence-electron chi connectivity index (χ0n) is 9.53. The summed E-state index contributed by atoms with van der Waals surface area (Å²) in [6, 6.07) is 0. The second-order valence-corrected chi connectivity index (χ2v) is 4.90. The fourth-order valence-electron chi connectivity index (χ4n) is 2.29. The maximum Gasteiger partial charge on any atom is 0.344 e. The molecule has 0 amide bonds. The van der Waals surface area contributed by atoms with E-state index in [-0.39, 0.29) is 0 Å². The van der Waals surface area contributed by atoms with Gasteiger partial charge in [-0.1, -0.05) is 0 Å². The average Bonchev–Trinajstić information content (AvgIpc) is 2.78. The summed E-state index contributed by atoms with van der Waals surface area (Å²) in [6.07, 6.45) is -5.72. The predicted octanol–water partition coefficient (Wildman–Crippen LogP) is -2.47. The average molecular weight is 248 g/mol. The fourth-order valence-corrected chi connectivity index (χ4v) is 2.29. The highest BCUT2D eigenvalue weighted by atomic mass is 16.7. The molecule has 7 nitrogen and oxygen atoms in total. The van der Waals surface area contributed by atoms with E-state index in [4.69, 9.17) is 14.6 Å². The Balaban J connectivity index is 2.18. The molecule has 7 heteroatoms.